The summed E-state index contributed by atoms with van der Waals surface area (Å²) in [5.74, 6) is -0.0945. The monoisotopic (exact) mass is 448 g/mol. The number of fused-ring (bicyclic) bond motifs is 1. The van der Waals surface area contributed by atoms with E-state index in [1.807, 2.05) is 24.3 Å². The summed E-state index contributed by atoms with van der Waals surface area (Å²) >= 11 is 0. The van der Waals surface area contributed by atoms with E-state index >= 15 is 0 Å². The lowest BCUT2D eigenvalue weighted by Crippen LogP contribution is -2.45. The summed E-state index contributed by atoms with van der Waals surface area (Å²) in [4.78, 5) is 32.4. The van der Waals surface area contributed by atoms with Gasteiger partial charge in [-0.25, -0.2) is 4.68 Å². The molecule has 0 fully saturated rings. The number of rotatable bonds is 10. The molecule has 10 heteroatoms. The second-order valence-electron chi connectivity index (χ2n) is 7.30. The van der Waals surface area contributed by atoms with Gasteiger partial charge in [-0.05, 0) is 42.0 Å². The van der Waals surface area contributed by atoms with Crippen LogP contribution in [-0.4, -0.2) is 57.0 Å². The standard InChI is InChI=1S/C23H24N6O4/c1-32-14-12-25-23(31)22(17-8-10-24-11-9-17)28(15-18-5-4-13-33-18)21(30)16-29-20-7-3-2-6-19(20)26-27-29/h2-11,13,22H,12,14-16H2,1H3,(H,25,31)/t22-/m0/s1. The van der Waals surface area contributed by atoms with Crippen LogP contribution in [0.1, 0.15) is 17.4 Å². The highest BCUT2D eigenvalue weighted by Gasteiger charge is 2.32. The van der Waals surface area contributed by atoms with Crippen LogP contribution in [0.15, 0.2) is 71.6 Å². The Kier molecular flexibility index (Phi) is 7.06. The van der Waals surface area contributed by atoms with Crippen LogP contribution in [0, 0.1) is 0 Å². The van der Waals surface area contributed by atoms with E-state index in [0.29, 0.717) is 30.0 Å². The Labute approximate surface area is 190 Å². The predicted octanol–water partition coefficient (Wildman–Crippen LogP) is 1.95. The molecule has 1 N–H and O–H groups in total. The summed E-state index contributed by atoms with van der Waals surface area (Å²) in [5.41, 5.74) is 2.04. The maximum atomic E-state index is 13.6. The maximum Gasteiger partial charge on any atom is 0.247 e. The fraction of sp³-hybridized carbons (Fsp3) is 0.261. The number of amides is 2. The Morgan fingerprint density at radius 3 is 2.73 bits per heavy atom. The van der Waals surface area contributed by atoms with Gasteiger partial charge in [-0.2, -0.15) is 0 Å². The molecule has 170 valence electrons. The van der Waals surface area contributed by atoms with Crippen LogP contribution in [0.3, 0.4) is 0 Å². The van der Waals surface area contributed by atoms with Gasteiger partial charge in [0.2, 0.25) is 11.8 Å². The van der Waals surface area contributed by atoms with Crippen LogP contribution in [0.4, 0.5) is 0 Å². The molecule has 0 aliphatic rings. The van der Waals surface area contributed by atoms with E-state index in [1.165, 1.54) is 15.8 Å². The van der Waals surface area contributed by atoms with E-state index in [2.05, 4.69) is 20.6 Å². The fourth-order valence-corrected chi connectivity index (χ4v) is 3.54. The van der Waals surface area contributed by atoms with Crippen LogP contribution in [0.5, 0.6) is 0 Å². The molecule has 0 saturated carbocycles. The predicted molar refractivity (Wildman–Crippen MR) is 119 cm³/mol. The molecule has 0 bridgehead atoms. The third-order valence-electron chi connectivity index (χ3n) is 5.12. The summed E-state index contributed by atoms with van der Waals surface area (Å²) in [6.45, 7) is 0.677. The highest BCUT2D eigenvalue weighted by molar-refractivity contribution is 5.89. The first-order chi connectivity index (χ1) is 16.2. The van der Waals surface area contributed by atoms with Gasteiger partial charge in [-0.1, -0.05) is 17.3 Å². The van der Waals surface area contributed by atoms with Crippen LogP contribution < -0.4 is 5.32 Å². The highest BCUT2D eigenvalue weighted by Crippen LogP contribution is 2.24. The second-order valence-corrected chi connectivity index (χ2v) is 7.30. The Morgan fingerprint density at radius 1 is 1.15 bits per heavy atom. The quantitative estimate of drug-likeness (QED) is 0.369. The summed E-state index contributed by atoms with van der Waals surface area (Å²) in [6, 6.07) is 13.4. The first-order valence-corrected chi connectivity index (χ1v) is 10.4. The minimum Gasteiger partial charge on any atom is -0.467 e. The molecule has 4 rings (SSSR count). The van der Waals surface area contributed by atoms with Crippen molar-refractivity contribution >= 4 is 22.8 Å². The van der Waals surface area contributed by atoms with E-state index in [1.54, 1.807) is 43.8 Å². The number of carbonyl (C=O) groups excluding carboxylic acids is 2. The van der Waals surface area contributed by atoms with E-state index in [9.17, 15) is 9.59 Å². The van der Waals surface area contributed by atoms with Crippen molar-refractivity contribution in [3.05, 3.63) is 78.5 Å². The lowest BCUT2D eigenvalue weighted by Gasteiger charge is -2.30. The molecular formula is C23H24N6O4. The Morgan fingerprint density at radius 2 is 1.97 bits per heavy atom. The van der Waals surface area contributed by atoms with Gasteiger partial charge >= 0.3 is 0 Å². The van der Waals surface area contributed by atoms with Crippen LogP contribution in [-0.2, 0) is 27.4 Å². The third kappa shape index (κ3) is 5.24. The Bertz CT molecular complexity index is 1190. The van der Waals surface area contributed by atoms with E-state index in [-0.39, 0.29) is 24.9 Å². The normalized spacial score (nSPS) is 11.9. The molecule has 33 heavy (non-hydrogen) atoms. The highest BCUT2D eigenvalue weighted by atomic mass is 16.5. The first kappa shape index (κ1) is 22.2. The smallest absolute Gasteiger partial charge is 0.247 e. The van der Waals surface area contributed by atoms with Crippen molar-refractivity contribution in [3.63, 3.8) is 0 Å². The van der Waals surface area contributed by atoms with Crippen molar-refractivity contribution in [1.82, 2.24) is 30.2 Å². The minimum absolute atomic E-state index is 0.0891. The van der Waals surface area contributed by atoms with Crippen molar-refractivity contribution in [2.45, 2.75) is 19.1 Å². The number of hydrogen-bond acceptors (Lipinski definition) is 7. The minimum atomic E-state index is -0.905. The average Bonchev–Trinajstić information content (AvgIpc) is 3.50. The van der Waals surface area contributed by atoms with Crippen LogP contribution >= 0.6 is 0 Å². The molecule has 3 heterocycles. The van der Waals surface area contributed by atoms with Gasteiger partial charge in [0.05, 0.1) is 24.9 Å². The van der Waals surface area contributed by atoms with Gasteiger partial charge in [0.1, 0.15) is 23.9 Å². The number of furan rings is 1. The lowest BCUT2D eigenvalue weighted by molar-refractivity contribution is -0.142. The summed E-state index contributed by atoms with van der Waals surface area (Å²) < 4.78 is 12.1. The van der Waals surface area contributed by atoms with E-state index in [4.69, 9.17) is 9.15 Å². The van der Waals surface area contributed by atoms with E-state index < -0.39 is 6.04 Å². The molecule has 3 aromatic heterocycles. The molecule has 2 amide bonds. The van der Waals surface area contributed by atoms with Crippen molar-refractivity contribution < 1.29 is 18.7 Å². The van der Waals surface area contributed by atoms with Gasteiger partial charge in [0.25, 0.3) is 0 Å². The summed E-state index contributed by atoms with van der Waals surface area (Å²) in [5, 5.41) is 11.1. The van der Waals surface area contributed by atoms with Gasteiger partial charge in [0.15, 0.2) is 0 Å². The van der Waals surface area contributed by atoms with Gasteiger partial charge in [0, 0.05) is 26.0 Å². The SMILES string of the molecule is COCCNC(=O)[C@H](c1ccncc1)N(Cc1ccco1)C(=O)Cn1nnc2ccccc21. The molecule has 0 unspecified atom stereocenters. The zero-order valence-electron chi connectivity index (χ0n) is 18.1. The molecule has 1 aromatic carbocycles. The number of methoxy groups -OCH3 is 1. The van der Waals surface area contributed by atoms with Gasteiger partial charge < -0.3 is 19.4 Å². The number of nitrogens with zero attached hydrogens (tertiary/aromatic N) is 5. The van der Waals surface area contributed by atoms with Crippen molar-refractivity contribution in [1.29, 1.82) is 0 Å². The van der Waals surface area contributed by atoms with Crippen LogP contribution in [0.25, 0.3) is 11.0 Å². The Hall–Kier alpha value is -4.05. The summed E-state index contributed by atoms with van der Waals surface area (Å²) in [7, 11) is 1.56. The van der Waals surface area contributed by atoms with Crippen molar-refractivity contribution in [3.8, 4) is 0 Å². The molecule has 0 saturated heterocycles. The number of pyridine rings is 1. The molecule has 0 aliphatic carbocycles. The molecule has 0 radical (unpaired) electrons. The van der Waals surface area contributed by atoms with Gasteiger partial charge in [-0.3, -0.25) is 14.6 Å². The molecule has 10 nitrogen and oxygen atoms in total. The molecule has 0 spiro atoms. The Balaban J connectivity index is 1.68. The maximum absolute atomic E-state index is 13.6. The zero-order chi connectivity index (χ0) is 23.0. The number of aromatic nitrogens is 4. The van der Waals surface area contributed by atoms with Crippen LogP contribution in [0.2, 0.25) is 0 Å². The lowest BCUT2D eigenvalue weighted by atomic mass is 10.0. The number of nitrogens with one attached hydrogen (secondary N) is 1. The third-order valence-corrected chi connectivity index (χ3v) is 5.12. The van der Waals surface area contributed by atoms with Crippen molar-refractivity contribution in [2.24, 2.45) is 0 Å². The number of carbonyl (C=O) groups is 2. The molecule has 0 aliphatic heterocycles. The zero-order valence-corrected chi connectivity index (χ0v) is 18.1. The summed E-state index contributed by atoms with van der Waals surface area (Å²) in [6.07, 6.45) is 4.71. The number of ether oxygens (including phenoxy) is 1. The molecular weight excluding hydrogens is 424 g/mol. The van der Waals surface area contributed by atoms with Crippen molar-refractivity contribution in [2.75, 3.05) is 20.3 Å². The molecule has 1 atom stereocenters. The number of para-hydroxylation sites is 1. The molecule has 4 aromatic rings. The van der Waals surface area contributed by atoms with E-state index in [0.717, 1.165) is 5.52 Å². The topological polar surface area (TPSA) is 115 Å². The second kappa shape index (κ2) is 10.5. The first-order valence-electron chi connectivity index (χ1n) is 10.4. The van der Waals surface area contributed by atoms with Gasteiger partial charge in [-0.15, -0.1) is 5.10 Å². The largest absolute Gasteiger partial charge is 0.467 e. The number of benzene rings is 1. The number of hydrogen-bond donors (Lipinski definition) is 1. The average molecular weight is 448 g/mol. The fourth-order valence-electron chi connectivity index (χ4n) is 3.54.